The van der Waals surface area contributed by atoms with E-state index in [1.165, 1.54) is 10.6 Å². The van der Waals surface area contributed by atoms with E-state index in [1.54, 1.807) is 30.5 Å². The van der Waals surface area contributed by atoms with E-state index in [0.717, 1.165) is 5.56 Å². The Bertz CT molecular complexity index is 1310. The van der Waals surface area contributed by atoms with Crippen molar-refractivity contribution in [2.45, 2.75) is 20.5 Å². The molecule has 9 nitrogen and oxygen atoms in total. The summed E-state index contributed by atoms with van der Waals surface area (Å²) in [6, 6.07) is 10.2. The lowest BCUT2D eigenvalue weighted by Crippen LogP contribution is -2.20. The Morgan fingerprint density at radius 1 is 1.14 bits per heavy atom. The van der Waals surface area contributed by atoms with Crippen LogP contribution in [-0.2, 0) is 13.7 Å². The molecule has 0 saturated carbocycles. The number of nitro groups is 1. The number of benzene rings is 2. The number of fused-ring (bicyclic) bond motifs is 3. The monoisotopic (exact) mass is 379 g/mol. The van der Waals surface area contributed by atoms with Crippen LogP contribution in [0.2, 0.25) is 0 Å². The Morgan fingerprint density at radius 2 is 1.93 bits per heavy atom. The molecule has 28 heavy (non-hydrogen) atoms. The van der Waals surface area contributed by atoms with Crippen LogP contribution in [0.4, 0.5) is 5.69 Å². The highest BCUT2D eigenvalue weighted by atomic mass is 16.6. The van der Waals surface area contributed by atoms with Gasteiger partial charge in [-0.15, -0.1) is 10.2 Å². The summed E-state index contributed by atoms with van der Waals surface area (Å²) in [7, 11) is 1.65. The maximum Gasteiger partial charge on any atom is 0.272 e. The Labute approximate surface area is 159 Å². The summed E-state index contributed by atoms with van der Waals surface area (Å²) in [6.45, 7) is 3.68. The van der Waals surface area contributed by atoms with E-state index in [0.29, 0.717) is 33.8 Å². The normalized spacial score (nSPS) is 11.2. The summed E-state index contributed by atoms with van der Waals surface area (Å²) in [5.41, 5.74) is 2.09. The number of aromatic nitrogens is 4. The van der Waals surface area contributed by atoms with E-state index in [4.69, 9.17) is 4.74 Å². The lowest BCUT2D eigenvalue weighted by atomic mass is 10.1. The smallest absolute Gasteiger partial charge is 0.272 e. The Morgan fingerprint density at radius 3 is 2.64 bits per heavy atom. The Hall–Kier alpha value is -3.75. The molecule has 2 heterocycles. The highest BCUT2D eigenvalue weighted by Gasteiger charge is 2.16. The lowest BCUT2D eigenvalue weighted by Gasteiger charge is -2.10. The topological polar surface area (TPSA) is 105 Å². The molecule has 0 bridgehead atoms. The summed E-state index contributed by atoms with van der Waals surface area (Å²) in [5, 5.41) is 19.8. The fourth-order valence-corrected chi connectivity index (χ4v) is 3.22. The van der Waals surface area contributed by atoms with Gasteiger partial charge in [-0.1, -0.05) is 11.6 Å². The molecule has 0 aliphatic rings. The second-order valence-corrected chi connectivity index (χ2v) is 6.63. The van der Waals surface area contributed by atoms with Gasteiger partial charge in [-0.3, -0.25) is 23.9 Å². The molecule has 0 fully saturated rings. The molecule has 4 aromatic rings. The predicted molar refractivity (Wildman–Crippen MR) is 103 cm³/mol. The van der Waals surface area contributed by atoms with Crippen molar-refractivity contribution in [3.8, 4) is 5.75 Å². The molecule has 2 aromatic carbocycles. The molecule has 2 aromatic heterocycles. The van der Waals surface area contributed by atoms with Crippen LogP contribution >= 0.6 is 0 Å². The zero-order valence-electron chi connectivity index (χ0n) is 15.5. The third kappa shape index (κ3) is 2.77. The molecule has 0 saturated heterocycles. The summed E-state index contributed by atoms with van der Waals surface area (Å²) < 4.78 is 9.02. The molecule has 0 radical (unpaired) electrons. The van der Waals surface area contributed by atoms with Crippen molar-refractivity contribution in [2.24, 2.45) is 7.05 Å². The van der Waals surface area contributed by atoms with Crippen LogP contribution < -0.4 is 10.3 Å². The van der Waals surface area contributed by atoms with Crippen LogP contribution in [0, 0.1) is 24.0 Å². The molecule has 0 amide bonds. The van der Waals surface area contributed by atoms with Crippen LogP contribution in [0.1, 0.15) is 17.0 Å². The molecule has 9 heteroatoms. The number of hydrogen-bond acceptors (Lipinski definition) is 6. The fourth-order valence-electron chi connectivity index (χ4n) is 3.22. The molecule has 0 aliphatic carbocycles. The number of nitrogens with zero attached hydrogens (tertiary/aromatic N) is 5. The molecule has 0 unspecified atom stereocenters. The minimum atomic E-state index is -0.431. The van der Waals surface area contributed by atoms with E-state index >= 15 is 0 Å². The maximum atomic E-state index is 12.6. The Kier molecular flexibility index (Phi) is 4.07. The van der Waals surface area contributed by atoms with Crippen molar-refractivity contribution in [3.05, 3.63) is 73.8 Å². The average molecular weight is 379 g/mol. The lowest BCUT2D eigenvalue weighted by molar-refractivity contribution is -0.385. The minimum absolute atomic E-state index is 0.0386. The highest BCUT2D eigenvalue weighted by molar-refractivity contribution is 5.81. The van der Waals surface area contributed by atoms with Crippen LogP contribution in [-0.4, -0.2) is 24.1 Å². The summed E-state index contributed by atoms with van der Waals surface area (Å²) in [6.07, 6.45) is 0. The first-order chi connectivity index (χ1) is 13.4. The van der Waals surface area contributed by atoms with Crippen LogP contribution in [0.25, 0.3) is 16.7 Å². The highest BCUT2D eigenvalue weighted by Crippen LogP contribution is 2.24. The van der Waals surface area contributed by atoms with E-state index in [-0.39, 0.29) is 17.9 Å². The first-order valence-electron chi connectivity index (χ1n) is 8.58. The second kappa shape index (κ2) is 6.45. The standard InChI is InChI=1S/C19H17N5O4/c1-11-4-6-16-14(8-11)18(25)22(3)19-21-20-17(23(16)19)10-28-13-5-7-15(24(26)27)12(2)9-13/h4-9H,10H2,1-3H3. The van der Waals surface area contributed by atoms with Gasteiger partial charge in [-0.2, -0.15) is 0 Å². The number of hydrogen-bond donors (Lipinski definition) is 0. The van der Waals surface area contributed by atoms with Gasteiger partial charge in [0.25, 0.3) is 11.2 Å². The maximum absolute atomic E-state index is 12.6. The largest absolute Gasteiger partial charge is 0.486 e. The van der Waals surface area contributed by atoms with Gasteiger partial charge in [0.05, 0.1) is 15.8 Å². The zero-order chi connectivity index (χ0) is 20.0. The molecule has 0 N–H and O–H groups in total. The van der Waals surface area contributed by atoms with Gasteiger partial charge in [0.2, 0.25) is 5.78 Å². The van der Waals surface area contributed by atoms with Crippen molar-refractivity contribution < 1.29 is 9.66 Å². The van der Waals surface area contributed by atoms with Crippen molar-refractivity contribution in [2.75, 3.05) is 0 Å². The summed E-state index contributed by atoms with van der Waals surface area (Å²) in [4.78, 5) is 23.1. The van der Waals surface area contributed by atoms with Crippen molar-refractivity contribution >= 4 is 22.4 Å². The van der Waals surface area contributed by atoms with Crippen LogP contribution in [0.5, 0.6) is 5.75 Å². The number of aryl methyl sites for hydroxylation is 3. The first-order valence-corrected chi connectivity index (χ1v) is 8.58. The SMILES string of the molecule is Cc1ccc2c(c1)c(=O)n(C)c1nnc(COc3ccc([N+](=O)[O-])c(C)c3)n21. The molecule has 0 atom stereocenters. The van der Waals surface area contributed by atoms with Crippen LogP contribution in [0.3, 0.4) is 0 Å². The zero-order valence-corrected chi connectivity index (χ0v) is 15.5. The van der Waals surface area contributed by atoms with Crippen molar-refractivity contribution in [1.29, 1.82) is 0 Å². The quantitative estimate of drug-likeness (QED) is 0.399. The Balaban J connectivity index is 1.76. The predicted octanol–water partition coefficient (Wildman–Crippen LogP) is 2.69. The third-order valence-electron chi connectivity index (χ3n) is 4.67. The summed E-state index contributed by atoms with van der Waals surface area (Å²) >= 11 is 0. The van der Waals surface area contributed by atoms with Gasteiger partial charge in [0, 0.05) is 18.7 Å². The molecule has 0 aliphatic heterocycles. The molecular weight excluding hydrogens is 362 g/mol. The van der Waals surface area contributed by atoms with Crippen LogP contribution in [0.15, 0.2) is 41.2 Å². The third-order valence-corrected chi connectivity index (χ3v) is 4.67. The second-order valence-electron chi connectivity index (χ2n) is 6.63. The number of rotatable bonds is 4. The molecular formula is C19H17N5O4. The van der Waals surface area contributed by atoms with Gasteiger partial charge in [0.15, 0.2) is 5.82 Å². The van der Waals surface area contributed by atoms with E-state index in [1.807, 2.05) is 25.1 Å². The first kappa shape index (κ1) is 17.7. The van der Waals surface area contributed by atoms with Gasteiger partial charge in [-0.05, 0) is 38.1 Å². The van der Waals surface area contributed by atoms with E-state index < -0.39 is 4.92 Å². The van der Waals surface area contributed by atoms with Gasteiger partial charge >= 0.3 is 0 Å². The molecule has 142 valence electrons. The summed E-state index contributed by atoms with van der Waals surface area (Å²) in [5.74, 6) is 1.43. The van der Waals surface area contributed by atoms with E-state index in [2.05, 4.69) is 10.2 Å². The van der Waals surface area contributed by atoms with Crippen molar-refractivity contribution in [1.82, 2.24) is 19.2 Å². The fraction of sp³-hybridized carbons (Fsp3) is 0.211. The average Bonchev–Trinajstić information content (AvgIpc) is 3.08. The minimum Gasteiger partial charge on any atom is -0.486 e. The molecule has 4 rings (SSSR count). The number of nitro benzene ring substituents is 1. The number of ether oxygens (including phenoxy) is 1. The van der Waals surface area contributed by atoms with Gasteiger partial charge in [-0.25, -0.2) is 0 Å². The van der Waals surface area contributed by atoms with Crippen molar-refractivity contribution in [3.63, 3.8) is 0 Å². The van der Waals surface area contributed by atoms with Gasteiger partial charge in [0.1, 0.15) is 12.4 Å². The van der Waals surface area contributed by atoms with Gasteiger partial charge < -0.3 is 4.74 Å². The molecule has 0 spiro atoms. The van der Waals surface area contributed by atoms with E-state index in [9.17, 15) is 14.9 Å².